The maximum absolute atomic E-state index is 4.52. The molecule has 0 unspecified atom stereocenters. The van der Waals surface area contributed by atoms with Crippen LogP contribution in [0.3, 0.4) is 0 Å². The summed E-state index contributed by atoms with van der Waals surface area (Å²) in [5, 5.41) is 2.45. The second-order valence-corrected chi connectivity index (χ2v) is 3.90. The van der Waals surface area contributed by atoms with Crippen LogP contribution in [0.2, 0.25) is 0 Å². The van der Waals surface area contributed by atoms with Gasteiger partial charge in [-0.05, 0) is 19.1 Å². The number of hydrogen-bond donors (Lipinski definition) is 1. The average Bonchev–Trinajstić information content (AvgIpc) is 2.57. The molecule has 13 heavy (non-hydrogen) atoms. The summed E-state index contributed by atoms with van der Waals surface area (Å²) in [6.45, 7) is 3.36. The first-order chi connectivity index (χ1) is 6.34. The monoisotopic (exact) mass is 177 g/mol. The van der Waals surface area contributed by atoms with Crippen LogP contribution in [0.25, 0.3) is 0 Å². The van der Waals surface area contributed by atoms with Gasteiger partial charge < -0.3 is 5.32 Å². The molecule has 0 aromatic carbocycles. The van der Waals surface area contributed by atoms with Crippen LogP contribution in [0.5, 0.6) is 0 Å². The number of nitrogens with zero attached hydrogens (tertiary/aromatic N) is 1. The van der Waals surface area contributed by atoms with E-state index in [0.29, 0.717) is 0 Å². The molecular formula is C11H17N2+. The Morgan fingerprint density at radius 3 is 3.15 bits per heavy atom. The van der Waals surface area contributed by atoms with Crippen LogP contribution in [0.1, 0.15) is 24.2 Å². The summed E-state index contributed by atoms with van der Waals surface area (Å²) in [6.07, 6.45) is 3.87. The number of pyridine rings is 1. The molecule has 2 nitrogen and oxygen atoms in total. The molecule has 1 aliphatic heterocycles. The van der Waals surface area contributed by atoms with E-state index >= 15 is 0 Å². The highest BCUT2D eigenvalue weighted by molar-refractivity contribution is 5.10. The van der Waals surface area contributed by atoms with Crippen molar-refractivity contribution in [2.24, 2.45) is 0 Å². The second kappa shape index (κ2) is 3.88. The Balaban J connectivity index is 2.00. The summed E-state index contributed by atoms with van der Waals surface area (Å²) in [5.41, 5.74) is 2.39. The number of nitrogens with two attached hydrogens (primary N) is 1. The van der Waals surface area contributed by atoms with Gasteiger partial charge >= 0.3 is 0 Å². The maximum Gasteiger partial charge on any atom is 0.0917 e. The molecular weight excluding hydrogens is 160 g/mol. The van der Waals surface area contributed by atoms with Crippen molar-refractivity contribution in [1.29, 1.82) is 0 Å². The van der Waals surface area contributed by atoms with Gasteiger partial charge in [-0.1, -0.05) is 6.07 Å². The molecule has 70 valence electrons. The lowest BCUT2D eigenvalue weighted by molar-refractivity contribution is -0.669. The van der Waals surface area contributed by atoms with E-state index in [0.717, 1.165) is 18.2 Å². The number of hydrogen-bond acceptors (Lipinski definition) is 1. The zero-order valence-corrected chi connectivity index (χ0v) is 8.16. The first kappa shape index (κ1) is 8.70. The van der Waals surface area contributed by atoms with Crippen LogP contribution in [0.15, 0.2) is 18.2 Å². The minimum Gasteiger partial charge on any atom is -0.343 e. The van der Waals surface area contributed by atoms with Gasteiger partial charge in [0.25, 0.3) is 0 Å². The molecule has 1 aliphatic rings. The Bertz CT molecular complexity index is 277. The van der Waals surface area contributed by atoms with Crippen LogP contribution >= 0.6 is 0 Å². The van der Waals surface area contributed by atoms with Crippen LogP contribution in [0.4, 0.5) is 0 Å². The summed E-state index contributed by atoms with van der Waals surface area (Å²) in [7, 11) is 0. The Hall–Kier alpha value is -0.890. The molecule has 2 heteroatoms. The van der Waals surface area contributed by atoms with Gasteiger partial charge in [0.2, 0.25) is 0 Å². The fourth-order valence-electron chi connectivity index (χ4n) is 2.02. The zero-order chi connectivity index (χ0) is 9.10. The third-order valence-corrected chi connectivity index (χ3v) is 2.70. The molecule has 1 aromatic heterocycles. The van der Waals surface area contributed by atoms with Gasteiger partial charge in [0.1, 0.15) is 0 Å². The number of rotatable bonds is 2. The lowest BCUT2D eigenvalue weighted by Crippen LogP contribution is -2.87. The summed E-state index contributed by atoms with van der Waals surface area (Å²) in [4.78, 5) is 4.52. The van der Waals surface area contributed by atoms with Crippen molar-refractivity contribution in [2.45, 2.75) is 32.2 Å². The van der Waals surface area contributed by atoms with Crippen molar-refractivity contribution >= 4 is 0 Å². The molecule has 0 spiro atoms. The van der Waals surface area contributed by atoms with E-state index in [1.807, 2.05) is 0 Å². The molecule has 2 rings (SSSR count). The van der Waals surface area contributed by atoms with Crippen molar-refractivity contribution in [3.8, 4) is 0 Å². The molecule has 1 atom stereocenters. The predicted molar refractivity (Wildman–Crippen MR) is 52.5 cm³/mol. The lowest BCUT2D eigenvalue weighted by atomic mass is 10.1. The van der Waals surface area contributed by atoms with Gasteiger partial charge in [-0.3, -0.25) is 4.98 Å². The fraction of sp³-hybridized carbons (Fsp3) is 0.545. The molecule has 0 saturated carbocycles. The minimum atomic E-state index is 0.786. The molecule has 0 amide bonds. The molecule has 2 heterocycles. The third kappa shape index (κ3) is 2.28. The molecule has 0 radical (unpaired) electrons. The number of aryl methyl sites for hydroxylation is 1. The number of quaternary nitrogens is 1. The minimum absolute atomic E-state index is 0.786. The number of aromatic nitrogens is 1. The third-order valence-electron chi connectivity index (χ3n) is 2.70. The van der Waals surface area contributed by atoms with Gasteiger partial charge in [0, 0.05) is 30.7 Å². The SMILES string of the molecule is Cc1cccc(C[C@@H]2CCC[NH2+]2)n1. The van der Waals surface area contributed by atoms with Crippen molar-refractivity contribution < 1.29 is 5.32 Å². The van der Waals surface area contributed by atoms with Crippen molar-refractivity contribution in [3.63, 3.8) is 0 Å². The van der Waals surface area contributed by atoms with Gasteiger partial charge in [-0.25, -0.2) is 0 Å². The predicted octanol–water partition coefficient (Wildman–Crippen LogP) is 0.658. The Morgan fingerprint density at radius 2 is 2.46 bits per heavy atom. The fourth-order valence-corrected chi connectivity index (χ4v) is 2.02. The summed E-state index contributed by atoms with van der Waals surface area (Å²) in [6, 6.07) is 7.09. The maximum atomic E-state index is 4.52. The normalized spacial score (nSPS) is 22.1. The highest BCUT2D eigenvalue weighted by Gasteiger charge is 2.18. The van der Waals surface area contributed by atoms with E-state index in [1.165, 1.54) is 25.1 Å². The molecule has 0 bridgehead atoms. The highest BCUT2D eigenvalue weighted by Crippen LogP contribution is 2.05. The van der Waals surface area contributed by atoms with Crippen molar-refractivity contribution in [2.75, 3.05) is 6.54 Å². The topological polar surface area (TPSA) is 29.5 Å². The average molecular weight is 177 g/mol. The molecule has 2 N–H and O–H groups in total. The van der Waals surface area contributed by atoms with E-state index in [9.17, 15) is 0 Å². The Labute approximate surface area is 79.4 Å². The Kier molecular flexibility index (Phi) is 2.60. The zero-order valence-electron chi connectivity index (χ0n) is 8.16. The lowest BCUT2D eigenvalue weighted by Gasteiger charge is -2.06. The van der Waals surface area contributed by atoms with Crippen molar-refractivity contribution in [3.05, 3.63) is 29.6 Å². The van der Waals surface area contributed by atoms with E-state index in [1.54, 1.807) is 0 Å². The summed E-state index contributed by atoms with van der Waals surface area (Å²) < 4.78 is 0. The molecule has 1 aromatic rings. The molecule has 0 aliphatic carbocycles. The quantitative estimate of drug-likeness (QED) is 0.706. The standard InChI is InChI=1S/C11H16N2/c1-9-4-2-5-11(13-9)8-10-6-3-7-12-10/h2,4-5,10,12H,3,6-8H2,1H3/p+1/t10-/m0/s1. The summed E-state index contributed by atoms with van der Waals surface area (Å²) >= 11 is 0. The first-order valence-electron chi connectivity index (χ1n) is 5.10. The van der Waals surface area contributed by atoms with E-state index in [4.69, 9.17) is 0 Å². The van der Waals surface area contributed by atoms with Gasteiger partial charge in [0.15, 0.2) is 0 Å². The van der Waals surface area contributed by atoms with E-state index in [-0.39, 0.29) is 0 Å². The van der Waals surface area contributed by atoms with Crippen LogP contribution in [-0.2, 0) is 6.42 Å². The Morgan fingerprint density at radius 1 is 1.54 bits per heavy atom. The van der Waals surface area contributed by atoms with E-state index in [2.05, 4.69) is 35.4 Å². The van der Waals surface area contributed by atoms with Crippen molar-refractivity contribution in [1.82, 2.24) is 4.98 Å². The second-order valence-electron chi connectivity index (χ2n) is 3.90. The molecule has 1 saturated heterocycles. The van der Waals surface area contributed by atoms with Crippen LogP contribution in [-0.4, -0.2) is 17.6 Å². The summed E-state index contributed by atoms with van der Waals surface area (Å²) in [5.74, 6) is 0. The van der Waals surface area contributed by atoms with Gasteiger partial charge in [0.05, 0.1) is 12.6 Å². The van der Waals surface area contributed by atoms with Crippen LogP contribution < -0.4 is 5.32 Å². The highest BCUT2D eigenvalue weighted by atomic mass is 14.9. The van der Waals surface area contributed by atoms with Crippen LogP contribution in [0, 0.1) is 6.92 Å². The van der Waals surface area contributed by atoms with Gasteiger partial charge in [-0.2, -0.15) is 0 Å². The molecule has 1 fully saturated rings. The smallest absolute Gasteiger partial charge is 0.0917 e. The largest absolute Gasteiger partial charge is 0.343 e. The van der Waals surface area contributed by atoms with Gasteiger partial charge in [-0.15, -0.1) is 0 Å². The first-order valence-corrected chi connectivity index (χ1v) is 5.10. The van der Waals surface area contributed by atoms with E-state index < -0.39 is 0 Å².